The number of hydrogen-bond donors (Lipinski definition) is 2. The number of aliphatic hydroxyl groups is 2. The highest BCUT2D eigenvalue weighted by molar-refractivity contribution is 5.39. The molecule has 3 aliphatic carbocycles. The molecule has 0 aromatic carbocycles. The first-order valence-corrected chi connectivity index (χ1v) is 6.17. The standard InChI is InChI=1S/C13H19NO2/c1-10-4-3-9(15)11(2,16)13(10)7-12(13,8-14)6-5-10/h9,15-16H,3-7H2,1-2H3/t9-,10+,11-,12+,13-/m0/s1. The Bertz CT molecular complexity index is 399. The molecule has 3 heteroatoms. The maximum absolute atomic E-state index is 10.7. The number of rotatable bonds is 0. The van der Waals surface area contributed by atoms with Crippen LogP contribution in [0.1, 0.15) is 46.0 Å². The molecule has 16 heavy (non-hydrogen) atoms. The van der Waals surface area contributed by atoms with Gasteiger partial charge in [-0.05, 0) is 44.4 Å². The van der Waals surface area contributed by atoms with E-state index in [1.165, 1.54) is 0 Å². The maximum atomic E-state index is 10.7. The van der Waals surface area contributed by atoms with Crippen molar-refractivity contribution in [2.75, 3.05) is 0 Å². The smallest absolute Gasteiger partial charge is 0.0954 e. The van der Waals surface area contributed by atoms with E-state index in [9.17, 15) is 15.5 Å². The van der Waals surface area contributed by atoms with E-state index in [0.29, 0.717) is 6.42 Å². The van der Waals surface area contributed by atoms with Gasteiger partial charge in [0, 0.05) is 5.41 Å². The number of hydrogen-bond acceptors (Lipinski definition) is 3. The van der Waals surface area contributed by atoms with Crippen molar-refractivity contribution in [1.82, 2.24) is 0 Å². The van der Waals surface area contributed by atoms with E-state index in [-0.39, 0.29) is 16.2 Å². The van der Waals surface area contributed by atoms with Gasteiger partial charge in [-0.15, -0.1) is 0 Å². The summed E-state index contributed by atoms with van der Waals surface area (Å²) in [6.07, 6.45) is 3.61. The lowest BCUT2D eigenvalue weighted by molar-refractivity contribution is -0.181. The van der Waals surface area contributed by atoms with Crippen molar-refractivity contribution in [3.05, 3.63) is 0 Å². The lowest BCUT2D eigenvalue weighted by Crippen LogP contribution is -2.58. The van der Waals surface area contributed by atoms with E-state index in [2.05, 4.69) is 13.0 Å². The van der Waals surface area contributed by atoms with Gasteiger partial charge < -0.3 is 10.2 Å². The summed E-state index contributed by atoms with van der Waals surface area (Å²) in [5, 5.41) is 30.1. The van der Waals surface area contributed by atoms with E-state index >= 15 is 0 Å². The Balaban J connectivity index is 2.15. The molecule has 3 rings (SSSR count). The van der Waals surface area contributed by atoms with Crippen LogP contribution in [0.5, 0.6) is 0 Å². The molecule has 0 aromatic heterocycles. The minimum Gasteiger partial charge on any atom is -0.390 e. The molecular formula is C13H19NO2. The van der Waals surface area contributed by atoms with E-state index < -0.39 is 11.7 Å². The van der Waals surface area contributed by atoms with Gasteiger partial charge in [0.25, 0.3) is 0 Å². The summed E-state index contributed by atoms with van der Waals surface area (Å²) in [5.74, 6) is 0. The molecule has 0 bridgehead atoms. The molecule has 5 atom stereocenters. The van der Waals surface area contributed by atoms with E-state index in [1.807, 2.05) is 0 Å². The summed E-state index contributed by atoms with van der Waals surface area (Å²) in [6.45, 7) is 3.93. The average molecular weight is 221 g/mol. The molecule has 0 saturated heterocycles. The second-order valence-electron chi connectivity index (χ2n) is 6.54. The third-order valence-electron chi connectivity index (χ3n) is 6.09. The van der Waals surface area contributed by atoms with Crippen molar-refractivity contribution in [2.24, 2.45) is 16.2 Å². The van der Waals surface area contributed by atoms with Gasteiger partial charge >= 0.3 is 0 Å². The molecule has 3 nitrogen and oxygen atoms in total. The minimum atomic E-state index is -1.09. The Morgan fingerprint density at radius 2 is 1.94 bits per heavy atom. The molecule has 0 aliphatic heterocycles. The third-order valence-corrected chi connectivity index (χ3v) is 6.09. The highest BCUT2D eigenvalue weighted by atomic mass is 16.3. The van der Waals surface area contributed by atoms with Crippen molar-refractivity contribution in [1.29, 1.82) is 5.26 Å². The van der Waals surface area contributed by atoms with Crippen LogP contribution < -0.4 is 0 Å². The Morgan fingerprint density at radius 3 is 2.50 bits per heavy atom. The van der Waals surface area contributed by atoms with Crippen LogP contribution in [0.2, 0.25) is 0 Å². The van der Waals surface area contributed by atoms with Crippen molar-refractivity contribution >= 4 is 0 Å². The van der Waals surface area contributed by atoms with Crippen LogP contribution in [0.4, 0.5) is 0 Å². The van der Waals surface area contributed by atoms with E-state index in [0.717, 1.165) is 25.7 Å². The van der Waals surface area contributed by atoms with Gasteiger partial charge in [-0.1, -0.05) is 6.92 Å². The van der Waals surface area contributed by atoms with E-state index in [4.69, 9.17) is 0 Å². The molecular weight excluding hydrogens is 202 g/mol. The van der Waals surface area contributed by atoms with E-state index in [1.54, 1.807) is 6.92 Å². The minimum absolute atomic E-state index is 0.0471. The topological polar surface area (TPSA) is 64.2 Å². The molecule has 3 aliphatic rings. The van der Waals surface area contributed by atoms with Crippen LogP contribution in [0.25, 0.3) is 0 Å². The first-order valence-electron chi connectivity index (χ1n) is 6.17. The van der Waals surface area contributed by atoms with Gasteiger partial charge in [0.2, 0.25) is 0 Å². The van der Waals surface area contributed by atoms with Gasteiger partial charge in [0.15, 0.2) is 0 Å². The predicted octanol–water partition coefficient (Wildman–Crippen LogP) is 1.59. The van der Waals surface area contributed by atoms with Crippen LogP contribution in [0, 0.1) is 27.6 Å². The van der Waals surface area contributed by atoms with Crippen LogP contribution in [-0.4, -0.2) is 21.9 Å². The molecule has 0 unspecified atom stereocenters. The summed E-state index contributed by atoms with van der Waals surface area (Å²) in [4.78, 5) is 0. The Hall–Kier alpha value is -0.590. The third kappa shape index (κ3) is 0.752. The van der Waals surface area contributed by atoms with Crippen molar-refractivity contribution in [3.63, 3.8) is 0 Å². The summed E-state index contributed by atoms with van der Waals surface area (Å²) in [6, 6.07) is 2.43. The number of nitrogens with zero attached hydrogens (tertiary/aromatic N) is 1. The van der Waals surface area contributed by atoms with Gasteiger partial charge in [-0.3, -0.25) is 0 Å². The summed E-state index contributed by atoms with van der Waals surface area (Å²) in [5.41, 5.74) is -1.75. The van der Waals surface area contributed by atoms with Crippen molar-refractivity contribution < 1.29 is 10.2 Å². The molecule has 0 aromatic rings. The zero-order valence-corrected chi connectivity index (χ0v) is 9.95. The summed E-state index contributed by atoms with van der Waals surface area (Å²) < 4.78 is 0. The molecule has 3 saturated carbocycles. The largest absolute Gasteiger partial charge is 0.390 e. The van der Waals surface area contributed by atoms with Crippen LogP contribution >= 0.6 is 0 Å². The fraction of sp³-hybridized carbons (Fsp3) is 0.923. The SMILES string of the molecule is C[C@]12CC[C@H](O)[C@](C)(O)[C@]13C[C@@]3(C#N)CC2. The molecule has 0 radical (unpaired) electrons. The Labute approximate surface area is 96.1 Å². The molecule has 0 amide bonds. The first kappa shape index (κ1) is 10.6. The monoisotopic (exact) mass is 221 g/mol. The molecule has 2 N–H and O–H groups in total. The highest BCUT2D eigenvalue weighted by Gasteiger charge is 2.86. The van der Waals surface area contributed by atoms with Crippen LogP contribution in [0.15, 0.2) is 0 Å². The summed E-state index contributed by atoms with van der Waals surface area (Å²) >= 11 is 0. The molecule has 1 spiro atoms. The Morgan fingerprint density at radius 1 is 1.25 bits per heavy atom. The van der Waals surface area contributed by atoms with Crippen molar-refractivity contribution in [3.8, 4) is 6.07 Å². The van der Waals surface area contributed by atoms with Gasteiger partial charge in [-0.25, -0.2) is 0 Å². The maximum Gasteiger partial charge on any atom is 0.0954 e. The fourth-order valence-electron chi connectivity index (χ4n) is 5.03. The van der Waals surface area contributed by atoms with Gasteiger partial charge in [0.1, 0.15) is 0 Å². The lowest BCUT2D eigenvalue weighted by atomic mass is 9.57. The second kappa shape index (κ2) is 2.47. The molecule has 0 heterocycles. The quantitative estimate of drug-likeness (QED) is 0.653. The zero-order valence-electron chi connectivity index (χ0n) is 9.95. The molecule has 88 valence electrons. The Kier molecular flexibility index (Phi) is 1.63. The zero-order chi connectivity index (χ0) is 11.8. The summed E-state index contributed by atoms with van der Waals surface area (Å²) in [7, 11) is 0. The normalized spacial score (nSPS) is 63.3. The fourth-order valence-corrected chi connectivity index (χ4v) is 5.03. The number of aliphatic hydroxyl groups excluding tert-OH is 1. The van der Waals surface area contributed by atoms with Gasteiger partial charge in [0.05, 0.1) is 23.2 Å². The average Bonchev–Trinajstić information content (AvgIpc) is 2.87. The second-order valence-corrected chi connectivity index (χ2v) is 6.54. The van der Waals surface area contributed by atoms with Gasteiger partial charge in [-0.2, -0.15) is 5.26 Å². The predicted molar refractivity (Wildman–Crippen MR) is 58.3 cm³/mol. The van der Waals surface area contributed by atoms with Crippen LogP contribution in [0.3, 0.4) is 0 Å². The van der Waals surface area contributed by atoms with Crippen molar-refractivity contribution in [2.45, 2.75) is 57.7 Å². The number of nitriles is 1. The van der Waals surface area contributed by atoms with Crippen LogP contribution in [-0.2, 0) is 0 Å². The lowest BCUT2D eigenvalue weighted by Gasteiger charge is -2.51. The molecule has 3 fully saturated rings. The first-order chi connectivity index (χ1) is 7.35. The highest BCUT2D eigenvalue weighted by Crippen LogP contribution is 2.86.